The number of aliphatic hydroxyl groups excluding tert-OH is 1. The van der Waals surface area contributed by atoms with Crippen LogP contribution in [-0.4, -0.2) is 25.5 Å². The van der Waals surface area contributed by atoms with Crippen LogP contribution in [0, 0.1) is 0 Å². The Bertz CT molecular complexity index is 542. The zero-order valence-electron chi connectivity index (χ0n) is 13.2. The Morgan fingerprint density at radius 2 is 1.68 bits per heavy atom. The molecule has 3 heteroatoms. The van der Waals surface area contributed by atoms with Gasteiger partial charge in [-0.2, -0.15) is 0 Å². The van der Waals surface area contributed by atoms with Crippen molar-refractivity contribution in [2.75, 3.05) is 20.4 Å². The maximum Gasteiger partial charge on any atom is 0.0931 e. The lowest BCUT2D eigenvalue weighted by Gasteiger charge is -2.19. The van der Waals surface area contributed by atoms with Gasteiger partial charge in [0, 0.05) is 7.11 Å². The normalized spacial score (nSPS) is 12.3. The van der Waals surface area contributed by atoms with E-state index in [0.29, 0.717) is 12.5 Å². The zero-order chi connectivity index (χ0) is 15.6. The minimum Gasteiger partial charge on any atom is -0.381 e. The fourth-order valence-corrected chi connectivity index (χ4v) is 2.79. The van der Waals surface area contributed by atoms with Gasteiger partial charge in [-0.15, -0.1) is 0 Å². The van der Waals surface area contributed by atoms with Gasteiger partial charge in [0.2, 0.25) is 0 Å². The van der Waals surface area contributed by atoms with Crippen molar-refractivity contribution in [1.82, 2.24) is 5.32 Å². The van der Waals surface area contributed by atoms with Crippen LogP contribution >= 0.6 is 0 Å². The summed E-state index contributed by atoms with van der Waals surface area (Å²) in [5.41, 5.74) is 3.93. The minimum absolute atomic E-state index is 0.0295. The van der Waals surface area contributed by atoms with Gasteiger partial charge >= 0.3 is 0 Å². The first-order valence-electron chi connectivity index (χ1n) is 7.77. The Morgan fingerprint density at radius 1 is 1.00 bits per heavy atom. The van der Waals surface area contributed by atoms with Crippen molar-refractivity contribution >= 4 is 0 Å². The van der Waals surface area contributed by atoms with E-state index in [9.17, 15) is 0 Å². The summed E-state index contributed by atoms with van der Waals surface area (Å²) in [7, 11) is 1.73. The Balaban J connectivity index is 2.15. The van der Waals surface area contributed by atoms with Crippen molar-refractivity contribution in [3.63, 3.8) is 0 Å². The molecule has 0 spiro atoms. The molecule has 2 N–H and O–H groups in total. The van der Waals surface area contributed by atoms with Crippen LogP contribution in [0.5, 0.6) is 0 Å². The molecule has 1 unspecified atom stereocenters. The third kappa shape index (κ3) is 4.95. The lowest BCUT2D eigenvalue weighted by Crippen LogP contribution is -2.19. The Kier molecular flexibility index (Phi) is 7.10. The predicted octanol–water partition coefficient (Wildman–Crippen LogP) is 3.09. The first kappa shape index (κ1) is 16.7. The standard InChI is InChI=1S/C19H25NO2/c1-22-14-19-10-6-5-9-17(19)13-18(11-12-20-15-21)16-7-3-2-4-8-16/h2-10,18,20-21H,11-15H2,1H3. The summed E-state index contributed by atoms with van der Waals surface area (Å²) in [6, 6.07) is 19.0. The van der Waals surface area contributed by atoms with Crippen LogP contribution in [0.3, 0.4) is 0 Å². The zero-order valence-corrected chi connectivity index (χ0v) is 13.2. The summed E-state index contributed by atoms with van der Waals surface area (Å²) in [6.07, 6.45) is 1.97. The van der Waals surface area contributed by atoms with E-state index >= 15 is 0 Å². The number of ether oxygens (including phenoxy) is 1. The van der Waals surface area contributed by atoms with E-state index in [-0.39, 0.29) is 6.73 Å². The third-order valence-electron chi connectivity index (χ3n) is 3.94. The van der Waals surface area contributed by atoms with E-state index in [0.717, 1.165) is 19.4 Å². The number of aliphatic hydroxyl groups is 1. The van der Waals surface area contributed by atoms with Crippen molar-refractivity contribution in [1.29, 1.82) is 0 Å². The summed E-state index contributed by atoms with van der Waals surface area (Å²) >= 11 is 0. The summed E-state index contributed by atoms with van der Waals surface area (Å²) in [5.74, 6) is 0.429. The van der Waals surface area contributed by atoms with Crippen molar-refractivity contribution in [3.05, 3.63) is 71.3 Å². The predicted molar refractivity (Wildman–Crippen MR) is 89.7 cm³/mol. The number of nitrogens with one attached hydrogen (secondary N) is 1. The molecule has 0 aliphatic heterocycles. The first-order valence-corrected chi connectivity index (χ1v) is 7.77. The van der Waals surface area contributed by atoms with E-state index in [1.165, 1.54) is 16.7 Å². The highest BCUT2D eigenvalue weighted by atomic mass is 16.5. The Morgan fingerprint density at radius 3 is 2.36 bits per heavy atom. The highest BCUT2D eigenvalue weighted by Gasteiger charge is 2.14. The van der Waals surface area contributed by atoms with E-state index < -0.39 is 0 Å². The summed E-state index contributed by atoms with van der Waals surface area (Å²) in [4.78, 5) is 0. The van der Waals surface area contributed by atoms with Gasteiger partial charge in [-0.25, -0.2) is 0 Å². The van der Waals surface area contributed by atoms with Crippen LogP contribution in [0.15, 0.2) is 54.6 Å². The molecular formula is C19H25NO2. The van der Waals surface area contributed by atoms with E-state index in [1.54, 1.807) is 7.11 Å². The molecule has 0 heterocycles. The molecule has 0 radical (unpaired) electrons. The molecule has 2 aromatic carbocycles. The molecule has 0 amide bonds. The molecule has 0 saturated carbocycles. The number of benzene rings is 2. The second-order valence-corrected chi connectivity index (χ2v) is 5.46. The number of rotatable bonds is 9. The van der Waals surface area contributed by atoms with Crippen LogP contribution in [0.1, 0.15) is 29.0 Å². The van der Waals surface area contributed by atoms with Gasteiger partial charge in [0.05, 0.1) is 13.3 Å². The fourth-order valence-electron chi connectivity index (χ4n) is 2.79. The van der Waals surface area contributed by atoms with Crippen LogP contribution in [0.25, 0.3) is 0 Å². The average molecular weight is 299 g/mol. The van der Waals surface area contributed by atoms with Crippen LogP contribution in [0.2, 0.25) is 0 Å². The highest BCUT2D eigenvalue weighted by molar-refractivity contribution is 5.30. The smallest absolute Gasteiger partial charge is 0.0931 e. The molecule has 22 heavy (non-hydrogen) atoms. The minimum atomic E-state index is 0.0295. The van der Waals surface area contributed by atoms with Crippen molar-refractivity contribution in [2.24, 2.45) is 0 Å². The van der Waals surface area contributed by atoms with Gasteiger partial charge < -0.3 is 9.84 Å². The molecule has 2 aromatic rings. The Hall–Kier alpha value is -1.68. The molecule has 0 aliphatic rings. The van der Waals surface area contributed by atoms with Gasteiger partial charge in [-0.3, -0.25) is 5.32 Å². The molecule has 118 valence electrons. The van der Waals surface area contributed by atoms with Gasteiger partial charge in [0.15, 0.2) is 0 Å². The van der Waals surface area contributed by atoms with Gasteiger partial charge in [0.1, 0.15) is 0 Å². The lowest BCUT2D eigenvalue weighted by atomic mass is 9.87. The third-order valence-corrected chi connectivity index (χ3v) is 3.94. The second kappa shape index (κ2) is 9.36. The summed E-state index contributed by atoms with van der Waals surface area (Å²) < 4.78 is 5.31. The Labute approximate surface area is 133 Å². The molecule has 2 rings (SSSR count). The quantitative estimate of drug-likeness (QED) is 0.552. The van der Waals surface area contributed by atoms with E-state index in [1.807, 2.05) is 6.07 Å². The molecule has 0 saturated heterocycles. The fraction of sp³-hybridized carbons (Fsp3) is 0.368. The maximum absolute atomic E-state index is 8.93. The molecular weight excluding hydrogens is 274 g/mol. The topological polar surface area (TPSA) is 41.5 Å². The highest BCUT2D eigenvalue weighted by Crippen LogP contribution is 2.26. The SMILES string of the molecule is COCc1ccccc1CC(CCNCO)c1ccccc1. The number of methoxy groups -OCH3 is 1. The number of hydrogen-bond donors (Lipinski definition) is 2. The molecule has 0 fully saturated rings. The van der Waals surface area contributed by atoms with E-state index in [4.69, 9.17) is 9.84 Å². The second-order valence-electron chi connectivity index (χ2n) is 5.46. The molecule has 0 aliphatic carbocycles. The maximum atomic E-state index is 8.93. The molecule has 0 bridgehead atoms. The number of hydrogen-bond acceptors (Lipinski definition) is 3. The van der Waals surface area contributed by atoms with Crippen molar-refractivity contribution < 1.29 is 9.84 Å². The van der Waals surface area contributed by atoms with Crippen molar-refractivity contribution in [2.45, 2.75) is 25.4 Å². The largest absolute Gasteiger partial charge is 0.381 e. The molecule has 1 atom stereocenters. The summed E-state index contributed by atoms with van der Waals surface area (Å²) in [6.45, 7) is 1.48. The van der Waals surface area contributed by atoms with Gasteiger partial charge in [-0.1, -0.05) is 54.6 Å². The van der Waals surface area contributed by atoms with Crippen LogP contribution in [-0.2, 0) is 17.8 Å². The van der Waals surface area contributed by atoms with E-state index in [2.05, 4.69) is 53.8 Å². The van der Waals surface area contributed by atoms with Gasteiger partial charge in [-0.05, 0) is 42.0 Å². The summed E-state index contributed by atoms with van der Waals surface area (Å²) in [5, 5.41) is 11.9. The molecule has 0 aromatic heterocycles. The van der Waals surface area contributed by atoms with Gasteiger partial charge in [0.25, 0.3) is 0 Å². The average Bonchev–Trinajstić information content (AvgIpc) is 2.57. The van der Waals surface area contributed by atoms with Crippen molar-refractivity contribution in [3.8, 4) is 0 Å². The lowest BCUT2D eigenvalue weighted by molar-refractivity contribution is 0.184. The van der Waals surface area contributed by atoms with Crippen LogP contribution < -0.4 is 5.32 Å². The molecule has 3 nitrogen and oxygen atoms in total. The monoisotopic (exact) mass is 299 g/mol. The van der Waals surface area contributed by atoms with Crippen LogP contribution in [0.4, 0.5) is 0 Å². The first-order chi connectivity index (χ1) is 10.8.